The van der Waals surface area contributed by atoms with E-state index in [0.717, 1.165) is 17.1 Å². The van der Waals surface area contributed by atoms with Gasteiger partial charge in [0, 0.05) is 15.5 Å². The number of benzene rings is 3. The van der Waals surface area contributed by atoms with Crippen LogP contribution < -0.4 is 4.90 Å². The van der Waals surface area contributed by atoms with Gasteiger partial charge in [0.25, 0.3) is 0 Å². The van der Waals surface area contributed by atoms with Crippen LogP contribution in [0.5, 0.6) is 0 Å². The van der Waals surface area contributed by atoms with E-state index >= 15 is 0 Å². The number of nitrogens with zero attached hydrogens (tertiary/aromatic N) is 1. The quantitative estimate of drug-likeness (QED) is 0.408. The summed E-state index contributed by atoms with van der Waals surface area (Å²) in [5.74, 6) is -0.321. The van der Waals surface area contributed by atoms with E-state index in [4.69, 9.17) is 4.74 Å². The van der Waals surface area contributed by atoms with Crippen molar-refractivity contribution >= 4 is 34.8 Å². The monoisotopic (exact) mass is 361 g/mol. The molecule has 0 aromatic heterocycles. The summed E-state index contributed by atoms with van der Waals surface area (Å²) in [6, 6.07) is 20.6. The molecule has 0 spiro atoms. The predicted molar refractivity (Wildman–Crippen MR) is 106 cm³/mol. The van der Waals surface area contributed by atoms with Crippen molar-refractivity contribution in [3.05, 3.63) is 77.4 Å². The molecule has 3 aromatic rings. The molecule has 0 N–H and O–H groups in total. The largest absolute Gasteiger partial charge is 0.465 e. The van der Waals surface area contributed by atoms with Crippen LogP contribution in [0.15, 0.2) is 70.5 Å². The Morgan fingerprint density at radius 3 is 1.88 bits per heavy atom. The van der Waals surface area contributed by atoms with E-state index in [9.17, 15) is 4.79 Å². The average Bonchev–Trinajstić information content (AvgIpc) is 2.65. The number of hydrogen-bond acceptors (Lipinski definition) is 4. The number of esters is 1. The summed E-state index contributed by atoms with van der Waals surface area (Å²) < 4.78 is 4.80. The van der Waals surface area contributed by atoms with Gasteiger partial charge in [0.1, 0.15) is 0 Å². The van der Waals surface area contributed by atoms with E-state index in [1.54, 1.807) is 11.8 Å². The zero-order valence-electron chi connectivity index (χ0n) is 14.9. The fourth-order valence-corrected chi connectivity index (χ4v) is 4.42. The van der Waals surface area contributed by atoms with Gasteiger partial charge in [0.15, 0.2) is 0 Å². The second kappa shape index (κ2) is 6.54. The molecule has 1 aliphatic heterocycles. The molecule has 3 aromatic carbocycles. The summed E-state index contributed by atoms with van der Waals surface area (Å²) in [6.45, 7) is 4.23. The molecule has 130 valence electrons. The van der Waals surface area contributed by atoms with E-state index in [2.05, 4.69) is 55.1 Å². The van der Waals surface area contributed by atoms with Crippen LogP contribution in [0.25, 0.3) is 0 Å². The van der Waals surface area contributed by atoms with Crippen LogP contribution in [0.3, 0.4) is 0 Å². The van der Waals surface area contributed by atoms with Crippen molar-refractivity contribution < 1.29 is 9.53 Å². The normalized spacial score (nSPS) is 12.3. The number of hydrogen-bond donors (Lipinski definition) is 0. The molecule has 0 saturated carbocycles. The Labute approximate surface area is 157 Å². The smallest absolute Gasteiger partial charge is 0.337 e. The summed E-state index contributed by atoms with van der Waals surface area (Å²) in [7, 11) is 1.40. The van der Waals surface area contributed by atoms with E-state index in [1.807, 2.05) is 24.3 Å². The highest BCUT2D eigenvalue weighted by molar-refractivity contribution is 7.99. The molecule has 0 fully saturated rings. The van der Waals surface area contributed by atoms with Gasteiger partial charge in [0.05, 0.1) is 24.0 Å². The minimum Gasteiger partial charge on any atom is -0.465 e. The van der Waals surface area contributed by atoms with E-state index in [-0.39, 0.29) is 5.97 Å². The summed E-state index contributed by atoms with van der Waals surface area (Å²) >= 11 is 1.81. The van der Waals surface area contributed by atoms with Crippen molar-refractivity contribution in [1.29, 1.82) is 0 Å². The Morgan fingerprint density at radius 1 is 0.846 bits per heavy atom. The Balaban J connectivity index is 1.86. The van der Waals surface area contributed by atoms with Crippen LogP contribution in [0.1, 0.15) is 21.5 Å². The molecule has 1 heterocycles. The first-order chi connectivity index (χ1) is 12.6. The fourth-order valence-electron chi connectivity index (χ4n) is 3.17. The van der Waals surface area contributed by atoms with Crippen molar-refractivity contribution in [2.75, 3.05) is 12.0 Å². The minimum atomic E-state index is -0.321. The molecule has 1 aliphatic rings. The van der Waals surface area contributed by atoms with Crippen LogP contribution in [-0.4, -0.2) is 13.1 Å². The Morgan fingerprint density at radius 2 is 1.38 bits per heavy atom. The number of methoxy groups -OCH3 is 1. The Hall–Kier alpha value is -2.72. The standard InChI is InChI=1S/C22H19NO2S/c1-14-4-10-18-20(12-14)26-21-13-15(2)5-11-19(21)23(18)17-8-6-16(7-9-17)22(24)25-3/h4-13H,1-3H3. The highest BCUT2D eigenvalue weighted by atomic mass is 32.2. The van der Waals surface area contributed by atoms with Gasteiger partial charge < -0.3 is 9.64 Å². The maximum absolute atomic E-state index is 11.7. The van der Waals surface area contributed by atoms with Gasteiger partial charge in [-0.15, -0.1) is 0 Å². The molecule has 4 rings (SSSR count). The molecular weight excluding hydrogens is 342 g/mol. The summed E-state index contributed by atoms with van der Waals surface area (Å²) in [4.78, 5) is 16.5. The lowest BCUT2D eigenvalue weighted by molar-refractivity contribution is 0.0601. The lowest BCUT2D eigenvalue weighted by Crippen LogP contribution is -2.15. The van der Waals surface area contributed by atoms with E-state index in [0.29, 0.717) is 5.56 Å². The van der Waals surface area contributed by atoms with E-state index < -0.39 is 0 Å². The first-order valence-corrected chi connectivity index (χ1v) is 9.26. The molecule has 0 bridgehead atoms. The van der Waals surface area contributed by atoms with Gasteiger partial charge in [-0.05, 0) is 73.5 Å². The van der Waals surface area contributed by atoms with Crippen molar-refractivity contribution in [3.8, 4) is 0 Å². The predicted octanol–water partition coefficient (Wildman–Crippen LogP) is 6.02. The highest BCUT2D eigenvalue weighted by Gasteiger charge is 2.25. The molecule has 26 heavy (non-hydrogen) atoms. The summed E-state index contributed by atoms with van der Waals surface area (Å²) in [5.41, 5.74) is 6.37. The molecule has 3 nitrogen and oxygen atoms in total. The van der Waals surface area contributed by atoms with Gasteiger partial charge in [-0.2, -0.15) is 0 Å². The zero-order chi connectivity index (χ0) is 18.3. The average molecular weight is 361 g/mol. The molecule has 0 radical (unpaired) electrons. The third-order valence-corrected chi connectivity index (χ3v) is 5.57. The molecular formula is C22H19NO2S. The summed E-state index contributed by atoms with van der Waals surface area (Å²) in [6.07, 6.45) is 0. The number of carbonyl (C=O) groups excluding carboxylic acids is 1. The molecule has 0 unspecified atom stereocenters. The zero-order valence-corrected chi connectivity index (χ0v) is 15.8. The lowest BCUT2D eigenvalue weighted by Gasteiger charge is -2.33. The van der Waals surface area contributed by atoms with Crippen LogP contribution in [0.2, 0.25) is 0 Å². The number of rotatable bonds is 2. The topological polar surface area (TPSA) is 29.5 Å². The maximum atomic E-state index is 11.7. The number of anilines is 3. The van der Waals surface area contributed by atoms with Crippen molar-refractivity contribution in [2.24, 2.45) is 0 Å². The lowest BCUT2D eigenvalue weighted by atomic mass is 10.1. The number of aryl methyl sites for hydroxylation is 2. The molecule has 0 aliphatic carbocycles. The Kier molecular flexibility index (Phi) is 4.21. The molecule has 0 amide bonds. The number of fused-ring (bicyclic) bond motifs is 2. The third kappa shape index (κ3) is 2.86. The maximum Gasteiger partial charge on any atom is 0.337 e. The molecule has 0 saturated heterocycles. The van der Waals surface area contributed by atoms with Crippen molar-refractivity contribution in [3.63, 3.8) is 0 Å². The summed E-state index contributed by atoms with van der Waals surface area (Å²) in [5, 5.41) is 0. The van der Waals surface area contributed by atoms with Gasteiger partial charge in [-0.3, -0.25) is 0 Å². The van der Waals surface area contributed by atoms with Crippen LogP contribution in [0.4, 0.5) is 17.1 Å². The van der Waals surface area contributed by atoms with Gasteiger partial charge in [-0.25, -0.2) is 4.79 Å². The third-order valence-electron chi connectivity index (χ3n) is 4.48. The van der Waals surface area contributed by atoms with E-state index in [1.165, 1.54) is 28.0 Å². The number of carbonyl (C=O) groups is 1. The number of ether oxygens (including phenoxy) is 1. The van der Waals surface area contributed by atoms with Crippen LogP contribution in [0, 0.1) is 13.8 Å². The van der Waals surface area contributed by atoms with Crippen LogP contribution in [-0.2, 0) is 4.74 Å². The second-order valence-electron chi connectivity index (χ2n) is 6.42. The van der Waals surface area contributed by atoms with Gasteiger partial charge in [-0.1, -0.05) is 23.9 Å². The fraction of sp³-hybridized carbons (Fsp3) is 0.136. The first-order valence-electron chi connectivity index (χ1n) is 8.44. The SMILES string of the molecule is COC(=O)c1ccc(N2c3ccc(C)cc3Sc3cc(C)ccc32)cc1. The van der Waals surface area contributed by atoms with Crippen molar-refractivity contribution in [1.82, 2.24) is 0 Å². The molecule has 4 heteroatoms. The Bertz CT molecular complexity index is 944. The van der Waals surface area contributed by atoms with Crippen LogP contribution >= 0.6 is 11.8 Å². The van der Waals surface area contributed by atoms with Crippen molar-refractivity contribution in [2.45, 2.75) is 23.6 Å². The molecule has 0 atom stereocenters. The van der Waals surface area contributed by atoms with Gasteiger partial charge in [0.2, 0.25) is 0 Å². The highest BCUT2D eigenvalue weighted by Crippen LogP contribution is 2.51. The van der Waals surface area contributed by atoms with Gasteiger partial charge >= 0.3 is 5.97 Å². The minimum absolute atomic E-state index is 0.321. The second-order valence-corrected chi connectivity index (χ2v) is 7.50. The first kappa shape index (κ1) is 16.7.